The SMILES string of the molecule is C[C@@]1(O)C2=Nc3c([nH]c(=O)[nH]c3=O)NC[C@H]2[C@H](C(=O)OC2[C@@H](O)[C@H](O)C(O)[C@@H](O)[C@H]2O)[C@]12C(=O)Nc1cc(Br)ccc12. The first kappa shape index (κ1) is 28.7. The summed E-state index contributed by atoms with van der Waals surface area (Å²) in [4.78, 5) is 61.5. The van der Waals surface area contributed by atoms with Crippen molar-refractivity contribution in [3.05, 3.63) is 49.1 Å². The van der Waals surface area contributed by atoms with Crippen LogP contribution in [0, 0.1) is 11.8 Å². The van der Waals surface area contributed by atoms with E-state index in [0.29, 0.717) is 4.47 Å². The third-order valence-electron chi connectivity index (χ3n) is 8.73. The van der Waals surface area contributed by atoms with Gasteiger partial charge in [-0.2, -0.15) is 0 Å². The number of aliphatic hydroxyl groups excluding tert-OH is 5. The zero-order chi connectivity index (χ0) is 30.5. The fraction of sp³-hybridized carbons (Fsp3) is 0.480. The van der Waals surface area contributed by atoms with Gasteiger partial charge in [-0.1, -0.05) is 22.0 Å². The molecule has 2 fully saturated rings. The smallest absolute Gasteiger partial charge is 0.327 e. The molecule has 1 amide bonds. The molecule has 16 nitrogen and oxygen atoms in total. The number of hydrogen-bond acceptors (Lipinski definition) is 13. The number of halogens is 1. The molecule has 2 aliphatic carbocycles. The monoisotopic (exact) mass is 651 g/mol. The number of amides is 1. The summed E-state index contributed by atoms with van der Waals surface area (Å²) in [5.74, 6) is -4.95. The summed E-state index contributed by atoms with van der Waals surface area (Å²) in [7, 11) is 0. The molecule has 0 radical (unpaired) electrons. The Kier molecular flexibility index (Phi) is 6.50. The molecule has 1 spiro atoms. The lowest BCUT2D eigenvalue weighted by Gasteiger charge is -2.42. The Labute approximate surface area is 243 Å². The van der Waals surface area contributed by atoms with E-state index in [1.807, 2.05) is 4.98 Å². The van der Waals surface area contributed by atoms with Crippen LogP contribution >= 0.6 is 15.9 Å². The van der Waals surface area contributed by atoms with E-state index in [2.05, 4.69) is 36.5 Å². The first-order chi connectivity index (χ1) is 19.7. The van der Waals surface area contributed by atoms with Crippen molar-refractivity contribution in [3.63, 3.8) is 0 Å². The Morgan fingerprint density at radius 2 is 1.67 bits per heavy atom. The van der Waals surface area contributed by atoms with E-state index in [1.54, 1.807) is 12.1 Å². The van der Waals surface area contributed by atoms with E-state index in [0.717, 1.165) is 0 Å². The molecule has 10 N–H and O–H groups in total. The van der Waals surface area contributed by atoms with Crippen LogP contribution < -0.4 is 21.9 Å². The summed E-state index contributed by atoms with van der Waals surface area (Å²) in [5, 5.41) is 69.1. The highest BCUT2D eigenvalue weighted by Crippen LogP contribution is 2.60. The summed E-state index contributed by atoms with van der Waals surface area (Å²) >= 11 is 3.32. The van der Waals surface area contributed by atoms with E-state index >= 15 is 0 Å². The van der Waals surface area contributed by atoms with Crippen molar-refractivity contribution in [2.75, 3.05) is 17.2 Å². The summed E-state index contributed by atoms with van der Waals surface area (Å²) < 4.78 is 6.06. The number of ether oxygens (including phenoxy) is 1. The Bertz CT molecular complexity index is 1640. The molecule has 2 aliphatic heterocycles. The van der Waals surface area contributed by atoms with E-state index < -0.39 is 82.6 Å². The minimum Gasteiger partial charge on any atom is -0.456 e. The van der Waals surface area contributed by atoms with Gasteiger partial charge >= 0.3 is 11.7 Å². The van der Waals surface area contributed by atoms with Gasteiger partial charge in [0.05, 0.1) is 11.6 Å². The number of nitrogens with one attached hydrogen (secondary N) is 4. The van der Waals surface area contributed by atoms with Crippen LogP contribution in [0.25, 0.3) is 0 Å². The molecule has 224 valence electrons. The van der Waals surface area contributed by atoms with Crippen molar-refractivity contribution in [1.29, 1.82) is 0 Å². The number of nitrogens with zero attached hydrogens (tertiary/aromatic N) is 1. The van der Waals surface area contributed by atoms with Gasteiger partial charge in [-0.15, -0.1) is 0 Å². The number of carbonyl (C=O) groups excluding carboxylic acids is 2. The van der Waals surface area contributed by atoms with Crippen molar-refractivity contribution < 1.29 is 45.0 Å². The molecule has 3 heterocycles. The molecule has 1 aromatic carbocycles. The molecule has 10 atom stereocenters. The van der Waals surface area contributed by atoms with Crippen LogP contribution in [0.2, 0.25) is 0 Å². The van der Waals surface area contributed by atoms with Crippen LogP contribution in [0.15, 0.2) is 37.3 Å². The van der Waals surface area contributed by atoms with Gasteiger partial charge in [-0.05, 0) is 24.6 Å². The number of aromatic amines is 2. The Morgan fingerprint density at radius 1 is 1.02 bits per heavy atom. The second-order valence-electron chi connectivity index (χ2n) is 11.0. The van der Waals surface area contributed by atoms with Crippen molar-refractivity contribution in [1.82, 2.24) is 9.97 Å². The van der Waals surface area contributed by atoms with Crippen molar-refractivity contribution in [3.8, 4) is 0 Å². The summed E-state index contributed by atoms with van der Waals surface area (Å²) in [5.41, 5.74) is -6.17. The minimum absolute atomic E-state index is 0.0961. The molecule has 17 heteroatoms. The second kappa shape index (κ2) is 9.53. The average molecular weight is 652 g/mol. The molecule has 1 aromatic heterocycles. The first-order valence-electron chi connectivity index (χ1n) is 12.9. The van der Waals surface area contributed by atoms with E-state index in [9.17, 15) is 49.8 Å². The molecule has 4 aliphatic rings. The minimum atomic E-state index is -2.27. The Hall–Kier alpha value is -3.45. The normalized spacial score (nSPS) is 38.5. The number of aromatic nitrogens is 2. The quantitative estimate of drug-likeness (QED) is 0.145. The number of fused-ring (bicyclic) bond motifs is 4. The number of carbonyl (C=O) groups is 2. The molecule has 42 heavy (non-hydrogen) atoms. The number of aliphatic hydroxyl groups is 6. The van der Waals surface area contributed by atoms with Gasteiger partial charge in [-0.25, -0.2) is 9.79 Å². The van der Waals surface area contributed by atoms with E-state index in [-0.39, 0.29) is 35.0 Å². The number of H-pyrrole nitrogens is 2. The number of benzene rings is 1. The Balaban J connectivity index is 1.54. The topological polar surface area (TPSA) is 267 Å². The highest BCUT2D eigenvalue weighted by Gasteiger charge is 2.75. The lowest BCUT2D eigenvalue weighted by molar-refractivity contribution is -0.236. The molecular weight excluding hydrogens is 626 g/mol. The van der Waals surface area contributed by atoms with E-state index in [4.69, 9.17) is 4.74 Å². The van der Waals surface area contributed by atoms with Gasteiger partial charge in [0.1, 0.15) is 47.4 Å². The largest absolute Gasteiger partial charge is 0.456 e. The lowest BCUT2D eigenvalue weighted by atomic mass is 9.65. The van der Waals surface area contributed by atoms with Gasteiger partial charge < -0.3 is 46.0 Å². The van der Waals surface area contributed by atoms with Gasteiger partial charge in [0.25, 0.3) is 5.56 Å². The predicted octanol–water partition coefficient (Wildman–Crippen LogP) is -3.06. The van der Waals surface area contributed by atoms with Crippen LogP contribution in [0.1, 0.15) is 12.5 Å². The number of aliphatic imine (C=N–C) groups is 1. The molecule has 2 saturated carbocycles. The predicted molar refractivity (Wildman–Crippen MR) is 145 cm³/mol. The maximum atomic E-state index is 14.2. The number of esters is 1. The highest BCUT2D eigenvalue weighted by atomic mass is 79.9. The summed E-state index contributed by atoms with van der Waals surface area (Å²) in [6.07, 6.45) is -12.0. The van der Waals surface area contributed by atoms with Gasteiger partial charge in [-0.3, -0.25) is 24.4 Å². The molecule has 2 aromatic rings. The van der Waals surface area contributed by atoms with Crippen LogP contribution in [-0.2, 0) is 19.7 Å². The van der Waals surface area contributed by atoms with Gasteiger partial charge in [0.15, 0.2) is 11.8 Å². The van der Waals surface area contributed by atoms with Crippen molar-refractivity contribution in [2.24, 2.45) is 16.8 Å². The summed E-state index contributed by atoms with van der Waals surface area (Å²) in [6, 6.07) is 4.65. The third-order valence-corrected chi connectivity index (χ3v) is 9.22. The molecule has 0 saturated heterocycles. The number of hydrogen-bond donors (Lipinski definition) is 10. The zero-order valence-electron chi connectivity index (χ0n) is 21.6. The lowest BCUT2D eigenvalue weighted by Crippen LogP contribution is -2.65. The number of anilines is 2. The van der Waals surface area contributed by atoms with Crippen LogP contribution in [0.4, 0.5) is 17.2 Å². The average Bonchev–Trinajstić information content (AvgIpc) is 3.20. The maximum absolute atomic E-state index is 14.2. The molecule has 6 rings (SSSR count). The standard InChI is InChI=1S/C25H26BrN5O11/c1-24(41)18-7(5-27-19-11(29-18)20(37)31-23(40)30-19)10(25(24)8-3-2-6(26)4-9(8)28-22(25)39)21(38)42-17-15(35)13(33)12(32)14(34)16(17)36/h2-4,7,10,12-17,32-36,41H,5H2,1H3,(H,28,39)(H3,27,30,31,37,40)/t7-,10+,12?,13+,14+,15-,16+,17?,24+,25+/m0/s1. The van der Waals surface area contributed by atoms with Crippen molar-refractivity contribution >= 4 is 50.7 Å². The van der Waals surface area contributed by atoms with Crippen LogP contribution in [0.3, 0.4) is 0 Å². The fourth-order valence-electron chi connectivity index (χ4n) is 6.76. The number of rotatable bonds is 2. The highest BCUT2D eigenvalue weighted by molar-refractivity contribution is 9.10. The molecule has 2 unspecified atom stereocenters. The molecule has 0 bridgehead atoms. The fourth-order valence-corrected chi connectivity index (χ4v) is 7.12. The second-order valence-corrected chi connectivity index (χ2v) is 11.9. The van der Waals surface area contributed by atoms with Crippen molar-refractivity contribution in [2.45, 2.75) is 54.6 Å². The maximum Gasteiger partial charge on any atom is 0.327 e. The Morgan fingerprint density at radius 3 is 2.33 bits per heavy atom. The zero-order valence-corrected chi connectivity index (χ0v) is 23.2. The molecular formula is C25H26BrN5O11. The first-order valence-corrected chi connectivity index (χ1v) is 13.6. The van der Waals surface area contributed by atoms with Gasteiger partial charge in [0, 0.05) is 22.6 Å². The van der Waals surface area contributed by atoms with Crippen LogP contribution in [0.5, 0.6) is 0 Å². The van der Waals surface area contributed by atoms with Crippen LogP contribution in [-0.4, -0.2) is 107 Å². The van der Waals surface area contributed by atoms with Gasteiger partial charge in [0.2, 0.25) is 5.91 Å². The van der Waals surface area contributed by atoms with E-state index in [1.165, 1.54) is 13.0 Å². The third kappa shape index (κ3) is 3.71. The summed E-state index contributed by atoms with van der Waals surface area (Å²) in [6.45, 7) is 1.00.